The number of aromatic nitrogens is 4. The first kappa shape index (κ1) is 17.4. The Morgan fingerprint density at radius 1 is 0.857 bits per heavy atom. The van der Waals surface area contributed by atoms with Crippen LogP contribution in [0.1, 0.15) is 11.1 Å². The number of nitriles is 1. The Morgan fingerprint density at radius 3 is 2.07 bits per heavy atom. The molecule has 0 unspecified atom stereocenters. The van der Waals surface area contributed by atoms with Crippen molar-refractivity contribution < 1.29 is 4.74 Å². The van der Waals surface area contributed by atoms with Gasteiger partial charge in [0.25, 0.3) is 0 Å². The Labute approximate surface area is 162 Å². The summed E-state index contributed by atoms with van der Waals surface area (Å²) in [7, 11) is 1.66. The van der Waals surface area contributed by atoms with Gasteiger partial charge in [-0.15, -0.1) is 10.2 Å². The summed E-state index contributed by atoms with van der Waals surface area (Å²) in [6, 6.07) is 25.5. The molecule has 0 saturated heterocycles. The van der Waals surface area contributed by atoms with Gasteiger partial charge in [-0.2, -0.15) is 10.1 Å². The molecule has 1 aromatic heterocycles. The molecule has 0 bridgehead atoms. The number of tetrazole rings is 1. The van der Waals surface area contributed by atoms with Crippen LogP contribution in [0.4, 0.5) is 0 Å². The summed E-state index contributed by atoms with van der Waals surface area (Å²) in [6.45, 7) is 0.503. The molecule has 1 heterocycles. The smallest absolute Gasteiger partial charge is 0.204 e. The molecule has 6 heteroatoms. The number of nitrogens with zero attached hydrogens (tertiary/aromatic N) is 5. The van der Waals surface area contributed by atoms with E-state index in [0.717, 1.165) is 28.0 Å². The van der Waals surface area contributed by atoms with Crippen LogP contribution in [-0.4, -0.2) is 27.3 Å². The topological polar surface area (TPSA) is 76.6 Å². The Bertz CT molecular complexity index is 1110. The van der Waals surface area contributed by atoms with Crippen molar-refractivity contribution in [3.8, 4) is 34.3 Å². The summed E-state index contributed by atoms with van der Waals surface area (Å²) in [5.74, 6) is 1.42. The van der Waals surface area contributed by atoms with Crippen molar-refractivity contribution in [2.24, 2.45) is 0 Å². The third-order valence-corrected chi connectivity index (χ3v) is 4.43. The maximum atomic E-state index is 8.87. The van der Waals surface area contributed by atoms with Gasteiger partial charge in [0, 0.05) is 5.56 Å². The molecule has 0 aliphatic carbocycles. The first-order valence-electron chi connectivity index (χ1n) is 8.77. The molecule has 0 atom stereocenters. The molecule has 0 radical (unpaired) electrons. The molecule has 0 saturated carbocycles. The Kier molecular flexibility index (Phi) is 4.81. The zero-order valence-corrected chi connectivity index (χ0v) is 15.3. The second-order valence-electron chi connectivity index (χ2n) is 6.26. The van der Waals surface area contributed by atoms with E-state index < -0.39 is 0 Å². The lowest BCUT2D eigenvalue weighted by Crippen LogP contribution is -2.03. The van der Waals surface area contributed by atoms with Crippen molar-refractivity contribution >= 4 is 0 Å². The van der Waals surface area contributed by atoms with Crippen LogP contribution in [0.15, 0.2) is 72.8 Å². The van der Waals surface area contributed by atoms with Gasteiger partial charge in [0.15, 0.2) is 0 Å². The van der Waals surface area contributed by atoms with Crippen molar-refractivity contribution in [3.05, 3.63) is 83.9 Å². The Hall–Kier alpha value is -3.98. The van der Waals surface area contributed by atoms with Gasteiger partial charge in [-0.1, -0.05) is 48.5 Å². The van der Waals surface area contributed by atoms with E-state index in [4.69, 9.17) is 10.00 Å². The van der Waals surface area contributed by atoms with Crippen LogP contribution in [-0.2, 0) is 6.54 Å². The molecule has 136 valence electrons. The van der Waals surface area contributed by atoms with Crippen molar-refractivity contribution in [3.63, 3.8) is 0 Å². The molecular formula is C22H17N5O. The largest absolute Gasteiger partial charge is 0.497 e. The maximum absolute atomic E-state index is 8.87. The van der Waals surface area contributed by atoms with Crippen molar-refractivity contribution in [2.45, 2.75) is 6.54 Å². The molecule has 3 aromatic carbocycles. The summed E-state index contributed by atoms with van der Waals surface area (Å²) in [5, 5.41) is 21.6. The fourth-order valence-corrected chi connectivity index (χ4v) is 2.87. The number of rotatable bonds is 5. The molecule has 0 aliphatic heterocycles. The van der Waals surface area contributed by atoms with Crippen molar-refractivity contribution in [1.29, 1.82) is 5.26 Å². The number of hydrogen-bond acceptors (Lipinski definition) is 5. The van der Waals surface area contributed by atoms with E-state index in [1.165, 1.54) is 0 Å². The Morgan fingerprint density at radius 2 is 1.46 bits per heavy atom. The highest BCUT2D eigenvalue weighted by Crippen LogP contribution is 2.24. The molecule has 4 aromatic rings. The van der Waals surface area contributed by atoms with E-state index in [2.05, 4.69) is 21.5 Å². The molecule has 28 heavy (non-hydrogen) atoms. The van der Waals surface area contributed by atoms with Gasteiger partial charge in [0.05, 0.1) is 25.3 Å². The zero-order valence-electron chi connectivity index (χ0n) is 15.3. The van der Waals surface area contributed by atoms with Crippen LogP contribution in [0.3, 0.4) is 0 Å². The summed E-state index contributed by atoms with van der Waals surface area (Å²) < 4.78 is 5.20. The zero-order chi connectivity index (χ0) is 19.3. The maximum Gasteiger partial charge on any atom is 0.204 e. The number of ether oxygens (including phenoxy) is 1. The Balaban J connectivity index is 1.49. The average Bonchev–Trinajstić information content (AvgIpc) is 3.23. The second kappa shape index (κ2) is 7.72. The molecule has 0 fully saturated rings. The van der Waals surface area contributed by atoms with E-state index in [1.807, 2.05) is 60.7 Å². The molecule has 4 rings (SSSR count). The molecule has 0 spiro atoms. The first-order valence-corrected chi connectivity index (χ1v) is 8.77. The lowest BCUT2D eigenvalue weighted by atomic mass is 10.0. The van der Waals surface area contributed by atoms with E-state index >= 15 is 0 Å². The van der Waals surface area contributed by atoms with Crippen LogP contribution in [0.5, 0.6) is 5.75 Å². The highest BCUT2D eigenvalue weighted by atomic mass is 16.5. The van der Waals surface area contributed by atoms with Crippen LogP contribution in [0.25, 0.3) is 22.5 Å². The normalized spacial score (nSPS) is 10.4. The predicted octanol–water partition coefficient (Wildman–Crippen LogP) is 3.94. The van der Waals surface area contributed by atoms with Gasteiger partial charge in [0.1, 0.15) is 5.75 Å². The SMILES string of the molecule is COc1ccc(-c2ccc(-c3nnn(Cc4ccc(C#N)cc4)n3)cc2)cc1. The average molecular weight is 367 g/mol. The third-order valence-electron chi connectivity index (χ3n) is 4.43. The highest BCUT2D eigenvalue weighted by Gasteiger charge is 2.07. The molecule has 6 nitrogen and oxygen atoms in total. The van der Waals surface area contributed by atoms with Crippen molar-refractivity contribution in [2.75, 3.05) is 7.11 Å². The quantitative estimate of drug-likeness (QED) is 0.534. The minimum atomic E-state index is 0.503. The predicted molar refractivity (Wildman–Crippen MR) is 106 cm³/mol. The fraction of sp³-hybridized carbons (Fsp3) is 0.0909. The fourth-order valence-electron chi connectivity index (χ4n) is 2.87. The number of benzene rings is 3. The lowest BCUT2D eigenvalue weighted by molar-refractivity contribution is 0.415. The first-order chi connectivity index (χ1) is 13.7. The van der Waals surface area contributed by atoms with Crippen molar-refractivity contribution in [1.82, 2.24) is 20.2 Å². The van der Waals surface area contributed by atoms with Gasteiger partial charge in [-0.25, -0.2) is 0 Å². The van der Waals surface area contributed by atoms with E-state index in [9.17, 15) is 0 Å². The monoisotopic (exact) mass is 367 g/mol. The van der Waals surface area contributed by atoms with Crippen LogP contribution in [0.2, 0.25) is 0 Å². The van der Waals surface area contributed by atoms with Gasteiger partial charge in [-0.05, 0) is 46.2 Å². The summed E-state index contributed by atoms with van der Waals surface area (Å²) >= 11 is 0. The molecule has 0 amide bonds. The van der Waals surface area contributed by atoms with Crippen LogP contribution < -0.4 is 4.74 Å². The van der Waals surface area contributed by atoms with E-state index in [0.29, 0.717) is 17.9 Å². The van der Waals surface area contributed by atoms with Gasteiger partial charge < -0.3 is 4.74 Å². The number of hydrogen-bond donors (Lipinski definition) is 0. The van der Waals surface area contributed by atoms with Gasteiger partial charge >= 0.3 is 0 Å². The van der Waals surface area contributed by atoms with Crippen LogP contribution in [0, 0.1) is 11.3 Å². The van der Waals surface area contributed by atoms with E-state index in [1.54, 1.807) is 24.0 Å². The molecule has 0 N–H and O–H groups in total. The summed E-state index contributed by atoms with van der Waals surface area (Å²) in [6.07, 6.45) is 0. The summed E-state index contributed by atoms with van der Waals surface area (Å²) in [5.41, 5.74) is 4.77. The van der Waals surface area contributed by atoms with Crippen LogP contribution >= 0.6 is 0 Å². The minimum absolute atomic E-state index is 0.503. The van der Waals surface area contributed by atoms with Gasteiger partial charge in [-0.3, -0.25) is 0 Å². The highest BCUT2D eigenvalue weighted by molar-refractivity contribution is 5.68. The number of methoxy groups -OCH3 is 1. The molecule has 0 aliphatic rings. The van der Waals surface area contributed by atoms with E-state index in [-0.39, 0.29) is 0 Å². The standard InChI is InChI=1S/C22H17N5O/c1-28-21-12-10-19(11-13-21)18-6-8-20(9-7-18)22-24-26-27(25-22)15-17-4-2-16(14-23)3-5-17/h2-13H,15H2,1H3. The third kappa shape index (κ3) is 3.74. The van der Waals surface area contributed by atoms with Gasteiger partial charge in [0.2, 0.25) is 5.82 Å². The lowest BCUT2D eigenvalue weighted by Gasteiger charge is -2.04. The summed E-state index contributed by atoms with van der Waals surface area (Å²) in [4.78, 5) is 1.55. The second-order valence-corrected chi connectivity index (χ2v) is 6.26. The minimum Gasteiger partial charge on any atom is -0.497 e. The molecular weight excluding hydrogens is 350 g/mol.